The average molecular weight is 422 g/mol. The van der Waals surface area contributed by atoms with Crippen molar-refractivity contribution < 1.29 is 13.2 Å². The molecule has 3 aromatic rings. The summed E-state index contributed by atoms with van der Waals surface area (Å²) in [7, 11) is -3.40. The molecular weight excluding hydrogens is 394 g/mol. The fourth-order valence-electron chi connectivity index (χ4n) is 3.45. The lowest BCUT2D eigenvalue weighted by molar-refractivity contribution is 0.0759. The van der Waals surface area contributed by atoms with Gasteiger partial charge in [0.1, 0.15) is 0 Å². The molecule has 0 aliphatic carbocycles. The predicted octanol–water partition coefficient (Wildman–Crippen LogP) is 4.33. The highest BCUT2D eigenvalue weighted by atomic mass is 32.2. The minimum Gasteiger partial charge on any atom is -0.338 e. The summed E-state index contributed by atoms with van der Waals surface area (Å²) in [6.45, 7) is 2.88. The second kappa shape index (κ2) is 9.72. The van der Waals surface area contributed by atoms with Gasteiger partial charge in [-0.15, -0.1) is 0 Å². The highest BCUT2D eigenvalue weighted by Gasteiger charge is 2.19. The maximum Gasteiger partial charge on any atom is 0.253 e. The van der Waals surface area contributed by atoms with Crippen molar-refractivity contribution in [3.05, 3.63) is 101 Å². The summed E-state index contributed by atoms with van der Waals surface area (Å²) in [5.41, 5.74) is 3.38. The van der Waals surface area contributed by atoms with Gasteiger partial charge < -0.3 is 4.90 Å². The van der Waals surface area contributed by atoms with Crippen LogP contribution in [0.3, 0.4) is 0 Å². The predicted molar refractivity (Wildman–Crippen MR) is 120 cm³/mol. The number of aryl methyl sites for hydroxylation is 1. The summed E-state index contributed by atoms with van der Waals surface area (Å²) in [5, 5.41) is 0. The molecule has 0 atom stereocenters. The fraction of sp³-hybridized carbons (Fsp3) is 0.240. The van der Waals surface area contributed by atoms with E-state index in [2.05, 4.69) is 0 Å². The Bertz CT molecular complexity index is 1050. The summed E-state index contributed by atoms with van der Waals surface area (Å²) >= 11 is 0. The number of benzene rings is 3. The van der Waals surface area contributed by atoms with E-state index < -0.39 is 9.84 Å². The third kappa shape index (κ3) is 5.80. The van der Waals surface area contributed by atoms with Gasteiger partial charge in [0.25, 0.3) is 5.91 Å². The maximum absolute atomic E-state index is 13.3. The van der Waals surface area contributed by atoms with Crippen molar-refractivity contribution in [2.24, 2.45) is 0 Å². The normalized spacial score (nSPS) is 11.3. The summed E-state index contributed by atoms with van der Waals surface area (Å²) in [4.78, 5) is 15.3. The number of hydrogen-bond donors (Lipinski definition) is 0. The quantitative estimate of drug-likeness (QED) is 0.544. The number of sulfone groups is 1. The maximum atomic E-state index is 13.3. The molecule has 0 unspecified atom stereocenters. The first-order chi connectivity index (χ1) is 14.3. The molecule has 0 heterocycles. The van der Waals surface area contributed by atoms with Crippen LogP contribution in [0.4, 0.5) is 0 Å². The Hall–Kier alpha value is -2.92. The summed E-state index contributed by atoms with van der Waals surface area (Å²) in [6.07, 6.45) is 2.66. The Labute approximate surface area is 179 Å². The molecule has 0 saturated carbocycles. The Morgan fingerprint density at radius 2 is 1.30 bits per heavy atom. The second-order valence-electron chi connectivity index (χ2n) is 7.52. The lowest BCUT2D eigenvalue weighted by Gasteiger charge is -2.23. The summed E-state index contributed by atoms with van der Waals surface area (Å²) in [5.74, 6) is -0.147. The SMILES string of the molecule is Cc1ccc(C(=O)N(CCc2ccccc2)CCc2ccccc2)cc1S(C)(=O)=O. The molecule has 3 aromatic carbocycles. The van der Waals surface area contributed by atoms with Crippen LogP contribution in [-0.2, 0) is 22.7 Å². The van der Waals surface area contributed by atoms with Crippen molar-refractivity contribution in [1.29, 1.82) is 0 Å². The summed E-state index contributed by atoms with van der Waals surface area (Å²) in [6, 6.07) is 25.0. The van der Waals surface area contributed by atoms with Gasteiger partial charge in [0.15, 0.2) is 9.84 Å². The van der Waals surface area contributed by atoms with E-state index in [1.807, 2.05) is 65.6 Å². The molecule has 0 bridgehead atoms. The van der Waals surface area contributed by atoms with Crippen LogP contribution in [0, 0.1) is 6.92 Å². The van der Waals surface area contributed by atoms with Gasteiger partial charge >= 0.3 is 0 Å². The molecule has 0 saturated heterocycles. The number of rotatable bonds is 8. The molecule has 30 heavy (non-hydrogen) atoms. The number of nitrogens with zero attached hydrogens (tertiary/aromatic N) is 1. The molecular formula is C25H27NO3S. The molecule has 1 amide bonds. The summed E-state index contributed by atoms with van der Waals surface area (Å²) < 4.78 is 24.2. The van der Waals surface area contributed by atoms with E-state index in [1.165, 1.54) is 12.3 Å². The van der Waals surface area contributed by atoms with Gasteiger partial charge in [-0.3, -0.25) is 4.79 Å². The highest BCUT2D eigenvalue weighted by molar-refractivity contribution is 7.90. The Balaban J connectivity index is 1.83. The molecule has 0 aliphatic heterocycles. The van der Waals surface area contributed by atoms with Crippen molar-refractivity contribution in [3.63, 3.8) is 0 Å². The average Bonchev–Trinajstić information content (AvgIpc) is 2.74. The highest BCUT2D eigenvalue weighted by Crippen LogP contribution is 2.19. The lowest BCUT2D eigenvalue weighted by Crippen LogP contribution is -2.35. The van der Waals surface area contributed by atoms with E-state index in [4.69, 9.17) is 0 Å². The number of hydrogen-bond acceptors (Lipinski definition) is 3. The standard InChI is InChI=1S/C25H27NO3S/c1-20-13-14-23(19-24(20)30(2,28)29)25(27)26(17-15-21-9-5-3-6-10-21)18-16-22-11-7-4-8-12-22/h3-14,19H,15-18H2,1-2H3. The van der Waals surface area contributed by atoms with E-state index in [0.29, 0.717) is 24.2 Å². The van der Waals surface area contributed by atoms with Crippen LogP contribution in [-0.4, -0.2) is 38.6 Å². The molecule has 3 rings (SSSR count). The van der Waals surface area contributed by atoms with Crippen LogP contribution < -0.4 is 0 Å². The van der Waals surface area contributed by atoms with Crippen molar-refractivity contribution >= 4 is 15.7 Å². The zero-order valence-electron chi connectivity index (χ0n) is 17.4. The number of carbonyl (C=O) groups is 1. The zero-order chi connectivity index (χ0) is 21.6. The van der Waals surface area contributed by atoms with Crippen molar-refractivity contribution in [2.45, 2.75) is 24.7 Å². The minimum atomic E-state index is -3.40. The fourth-order valence-corrected chi connectivity index (χ4v) is 4.44. The van der Waals surface area contributed by atoms with Crippen molar-refractivity contribution in [1.82, 2.24) is 4.90 Å². The smallest absolute Gasteiger partial charge is 0.253 e. The van der Waals surface area contributed by atoms with Crippen molar-refractivity contribution in [3.8, 4) is 0 Å². The zero-order valence-corrected chi connectivity index (χ0v) is 18.2. The molecule has 0 N–H and O–H groups in total. The van der Waals surface area contributed by atoms with Crippen LogP contribution in [0.5, 0.6) is 0 Å². The molecule has 4 nitrogen and oxygen atoms in total. The van der Waals surface area contributed by atoms with Gasteiger partial charge in [-0.25, -0.2) is 8.42 Å². The molecule has 0 spiro atoms. The number of carbonyl (C=O) groups excluding carboxylic acids is 1. The van der Waals surface area contributed by atoms with Gasteiger partial charge in [-0.05, 0) is 48.6 Å². The number of amides is 1. The molecule has 0 fully saturated rings. The van der Waals surface area contributed by atoms with Gasteiger partial charge in [0.05, 0.1) is 4.90 Å². The molecule has 0 radical (unpaired) electrons. The topological polar surface area (TPSA) is 54.5 Å². The van der Waals surface area contributed by atoms with E-state index in [9.17, 15) is 13.2 Å². The van der Waals surface area contributed by atoms with Gasteiger partial charge in [-0.1, -0.05) is 66.7 Å². The molecule has 5 heteroatoms. The third-order valence-electron chi connectivity index (χ3n) is 5.15. The first-order valence-corrected chi connectivity index (χ1v) is 11.9. The molecule has 0 aromatic heterocycles. The van der Waals surface area contributed by atoms with Crippen LogP contribution in [0.25, 0.3) is 0 Å². The Morgan fingerprint density at radius 1 is 0.800 bits per heavy atom. The lowest BCUT2D eigenvalue weighted by atomic mass is 10.1. The second-order valence-corrected chi connectivity index (χ2v) is 9.50. The Morgan fingerprint density at radius 3 is 1.77 bits per heavy atom. The largest absolute Gasteiger partial charge is 0.338 e. The third-order valence-corrected chi connectivity index (χ3v) is 6.39. The van der Waals surface area contributed by atoms with Gasteiger partial charge in [-0.2, -0.15) is 0 Å². The first-order valence-electron chi connectivity index (χ1n) is 10.0. The van der Waals surface area contributed by atoms with E-state index in [-0.39, 0.29) is 10.8 Å². The molecule has 156 valence electrons. The van der Waals surface area contributed by atoms with E-state index in [1.54, 1.807) is 19.1 Å². The van der Waals surface area contributed by atoms with E-state index >= 15 is 0 Å². The van der Waals surface area contributed by atoms with Crippen LogP contribution in [0.1, 0.15) is 27.0 Å². The first kappa shape index (κ1) is 21.8. The van der Waals surface area contributed by atoms with Crippen molar-refractivity contribution in [2.75, 3.05) is 19.3 Å². The van der Waals surface area contributed by atoms with E-state index in [0.717, 1.165) is 24.0 Å². The van der Waals surface area contributed by atoms with Gasteiger partial charge in [0, 0.05) is 24.9 Å². The van der Waals surface area contributed by atoms with Crippen LogP contribution >= 0.6 is 0 Å². The monoisotopic (exact) mass is 421 g/mol. The molecule has 0 aliphatic rings. The Kier molecular flexibility index (Phi) is 7.06. The van der Waals surface area contributed by atoms with Crippen LogP contribution in [0.2, 0.25) is 0 Å². The van der Waals surface area contributed by atoms with Crippen LogP contribution in [0.15, 0.2) is 83.8 Å². The minimum absolute atomic E-state index is 0.147. The van der Waals surface area contributed by atoms with Gasteiger partial charge in [0.2, 0.25) is 0 Å².